The molecule has 6 nitrogen and oxygen atoms in total. The number of pyridine rings is 1. The van der Waals surface area contributed by atoms with E-state index in [-0.39, 0.29) is 24.4 Å². The average molecular weight is 446 g/mol. The lowest BCUT2D eigenvalue weighted by atomic mass is 10.1. The topological polar surface area (TPSA) is 83.0 Å². The van der Waals surface area contributed by atoms with Crippen molar-refractivity contribution in [1.82, 2.24) is 15.0 Å². The number of halogens is 2. The Morgan fingerprint density at radius 3 is 2.57 bits per heavy atom. The molecule has 0 spiro atoms. The Labute approximate surface area is 171 Å². The van der Waals surface area contributed by atoms with E-state index in [4.69, 9.17) is 0 Å². The summed E-state index contributed by atoms with van der Waals surface area (Å²) in [6.45, 7) is 3.97. The molecule has 0 amide bonds. The molecule has 0 aliphatic heterocycles. The van der Waals surface area contributed by atoms with Gasteiger partial charge in [0.25, 0.3) is 0 Å². The number of nitrogens with one attached hydrogen (secondary N) is 2. The van der Waals surface area contributed by atoms with Crippen molar-refractivity contribution in [2.24, 2.45) is 5.92 Å². The first-order valence-corrected chi connectivity index (χ1v) is 9.65. The van der Waals surface area contributed by atoms with Gasteiger partial charge in [0, 0.05) is 16.7 Å². The van der Waals surface area contributed by atoms with Gasteiger partial charge in [-0.3, -0.25) is 4.98 Å². The summed E-state index contributed by atoms with van der Waals surface area (Å²) in [5.41, 5.74) is 1.99. The molecule has 0 unspecified atom stereocenters. The molecule has 0 fully saturated rings. The summed E-state index contributed by atoms with van der Waals surface area (Å²) in [5, 5.41) is 16.0. The molecule has 0 radical (unpaired) electrons. The number of aliphatic hydroxyl groups is 1. The maximum Gasteiger partial charge on any atom is 0.225 e. The van der Waals surface area contributed by atoms with Gasteiger partial charge in [-0.15, -0.1) is 0 Å². The van der Waals surface area contributed by atoms with Gasteiger partial charge < -0.3 is 15.7 Å². The number of rotatable bonds is 7. The van der Waals surface area contributed by atoms with Crippen molar-refractivity contribution in [3.8, 4) is 11.4 Å². The largest absolute Gasteiger partial charge is 0.394 e. The van der Waals surface area contributed by atoms with Crippen molar-refractivity contribution in [3.63, 3.8) is 0 Å². The molecule has 3 rings (SSSR count). The van der Waals surface area contributed by atoms with Gasteiger partial charge in [0.05, 0.1) is 29.7 Å². The van der Waals surface area contributed by atoms with Crippen molar-refractivity contribution < 1.29 is 9.50 Å². The summed E-state index contributed by atoms with van der Waals surface area (Å²) in [7, 11) is 0. The Bertz CT molecular complexity index is 939. The first-order valence-electron chi connectivity index (χ1n) is 8.86. The van der Waals surface area contributed by atoms with Crippen molar-refractivity contribution in [2.75, 3.05) is 17.2 Å². The van der Waals surface area contributed by atoms with E-state index < -0.39 is 0 Å². The number of hydrogen-bond acceptors (Lipinski definition) is 6. The third-order valence-electron chi connectivity index (χ3n) is 4.16. The highest BCUT2D eigenvalue weighted by atomic mass is 79.9. The molecule has 0 bridgehead atoms. The molecule has 0 aliphatic carbocycles. The van der Waals surface area contributed by atoms with E-state index in [1.54, 1.807) is 18.3 Å². The first-order chi connectivity index (χ1) is 13.5. The predicted molar refractivity (Wildman–Crippen MR) is 112 cm³/mol. The SMILES string of the molecule is CC(C)[C@H](CO)Nc1nc(Nc2ccc(F)cc2Br)cc(-c2ccccn2)n1. The fourth-order valence-electron chi connectivity index (χ4n) is 2.54. The molecule has 0 saturated carbocycles. The quantitative estimate of drug-likeness (QED) is 0.492. The molecule has 2 aromatic heterocycles. The van der Waals surface area contributed by atoms with Crippen LogP contribution in [-0.4, -0.2) is 32.7 Å². The lowest BCUT2D eigenvalue weighted by molar-refractivity contribution is 0.248. The minimum atomic E-state index is -0.334. The van der Waals surface area contributed by atoms with E-state index in [0.29, 0.717) is 33.3 Å². The zero-order chi connectivity index (χ0) is 20.1. The predicted octanol–water partition coefficient (Wildman–Crippen LogP) is 4.61. The zero-order valence-corrected chi connectivity index (χ0v) is 17.1. The second-order valence-electron chi connectivity index (χ2n) is 6.60. The van der Waals surface area contributed by atoms with Gasteiger partial charge in [0.1, 0.15) is 11.6 Å². The second-order valence-corrected chi connectivity index (χ2v) is 7.46. The lowest BCUT2D eigenvalue weighted by Crippen LogP contribution is -2.30. The monoisotopic (exact) mass is 445 g/mol. The Balaban J connectivity index is 1.99. The molecule has 2 heterocycles. The van der Waals surface area contributed by atoms with Gasteiger partial charge >= 0.3 is 0 Å². The van der Waals surface area contributed by atoms with Gasteiger partial charge in [0.15, 0.2) is 0 Å². The van der Waals surface area contributed by atoms with Crippen LogP contribution in [0.3, 0.4) is 0 Å². The van der Waals surface area contributed by atoms with Crippen LogP contribution in [-0.2, 0) is 0 Å². The third kappa shape index (κ3) is 5.02. The van der Waals surface area contributed by atoms with Gasteiger partial charge in [-0.1, -0.05) is 19.9 Å². The molecular formula is C20H21BrFN5O. The van der Waals surface area contributed by atoms with Crippen LogP contribution in [0, 0.1) is 11.7 Å². The van der Waals surface area contributed by atoms with Crippen LogP contribution < -0.4 is 10.6 Å². The van der Waals surface area contributed by atoms with Crippen molar-refractivity contribution in [1.29, 1.82) is 0 Å². The smallest absolute Gasteiger partial charge is 0.225 e. The van der Waals surface area contributed by atoms with Crippen LogP contribution in [0.5, 0.6) is 0 Å². The van der Waals surface area contributed by atoms with Crippen molar-refractivity contribution in [2.45, 2.75) is 19.9 Å². The van der Waals surface area contributed by atoms with E-state index in [2.05, 4.69) is 41.5 Å². The molecule has 3 aromatic rings. The third-order valence-corrected chi connectivity index (χ3v) is 4.82. The maximum atomic E-state index is 13.4. The Morgan fingerprint density at radius 1 is 1.11 bits per heavy atom. The van der Waals surface area contributed by atoms with E-state index in [1.165, 1.54) is 12.1 Å². The summed E-state index contributed by atoms with van der Waals surface area (Å²) in [5.74, 6) is 0.747. The molecule has 28 heavy (non-hydrogen) atoms. The number of nitrogens with zero attached hydrogens (tertiary/aromatic N) is 3. The summed E-state index contributed by atoms with van der Waals surface area (Å²) < 4.78 is 13.9. The zero-order valence-electron chi connectivity index (χ0n) is 15.5. The van der Waals surface area contributed by atoms with E-state index in [1.807, 2.05) is 32.0 Å². The second kappa shape index (κ2) is 9.07. The van der Waals surface area contributed by atoms with Crippen molar-refractivity contribution in [3.05, 3.63) is 59.0 Å². The van der Waals surface area contributed by atoms with Gasteiger partial charge in [0.2, 0.25) is 5.95 Å². The number of anilines is 3. The first kappa shape index (κ1) is 20.2. The van der Waals surface area contributed by atoms with Gasteiger partial charge in [-0.25, -0.2) is 9.37 Å². The molecular weight excluding hydrogens is 425 g/mol. The fourth-order valence-corrected chi connectivity index (χ4v) is 2.99. The Kier molecular flexibility index (Phi) is 6.53. The number of benzene rings is 1. The van der Waals surface area contributed by atoms with Crippen molar-refractivity contribution >= 4 is 33.4 Å². The number of aromatic nitrogens is 3. The van der Waals surface area contributed by atoms with E-state index >= 15 is 0 Å². The van der Waals surface area contributed by atoms with Crippen LogP contribution in [0.2, 0.25) is 0 Å². The highest BCUT2D eigenvalue weighted by molar-refractivity contribution is 9.10. The van der Waals surface area contributed by atoms with Crippen LogP contribution in [0.4, 0.5) is 21.8 Å². The van der Waals surface area contributed by atoms with E-state index in [9.17, 15) is 9.50 Å². The van der Waals surface area contributed by atoms with Crippen LogP contribution in [0.1, 0.15) is 13.8 Å². The molecule has 1 aromatic carbocycles. The molecule has 8 heteroatoms. The molecule has 3 N–H and O–H groups in total. The minimum absolute atomic E-state index is 0.0406. The maximum absolute atomic E-state index is 13.4. The molecule has 0 aliphatic rings. The molecule has 0 saturated heterocycles. The number of aliphatic hydroxyl groups excluding tert-OH is 1. The molecule has 1 atom stereocenters. The Hall–Kier alpha value is -2.58. The highest BCUT2D eigenvalue weighted by Crippen LogP contribution is 2.28. The van der Waals surface area contributed by atoms with Crippen LogP contribution in [0.25, 0.3) is 11.4 Å². The summed E-state index contributed by atoms with van der Waals surface area (Å²) in [4.78, 5) is 13.4. The summed E-state index contributed by atoms with van der Waals surface area (Å²) in [6, 6.07) is 11.5. The summed E-state index contributed by atoms with van der Waals surface area (Å²) >= 11 is 3.35. The lowest BCUT2D eigenvalue weighted by Gasteiger charge is -2.20. The van der Waals surface area contributed by atoms with Crippen LogP contribution >= 0.6 is 15.9 Å². The number of hydrogen-bond donors (Lipinski definition) is 3. The van der Waals surface area contributed by atoms with Gasteiger partial charge in [-0.05, 0) is 52.2 Å². The van der Waals surface area contributed by atoms with Gasteiger partial charge in [-0.2, -0.15) is 4.98 Å². The average Bonchev–Trinajstić information content (AvgIpc) is 2.68. The highest BCUT2D eigenvalue weighted by Gasteiger charge is 2.15. The standard InChI is InChI=1S/C20H21BrFN5O/c1-12(2)18(11-28)26-20-25-17(16-5-3-4-8-23-16)10-19(27-20)24-15-7-6-13(22)9-14(15)21/h3-10,12,18,28H,11H2,1-2H3,(H2,24,25,26,27)/t18-/m0/s1. The Morgan fingerprint density at radius 2 is 1.93 bits per heavy atom. The van der Waals surface area contributed by atoms with Crippen LogP contribution in [0.15, 0.2) is 53.1 Å². The molecule has 146 valence electrons. The van der Waals surface area contributed by atoms with E-state index in [0.717, 1.165) is 0 Å². The minimum Gasteiger partial charge on any atom is -0.394 e. The summed E-state index contributed by atoms with van der Waals surface area (Å²) in [6.07, 6.45) is 1.69. The normalized spacial score (nSPS) is 12.1. The fraction of sp³-hybridized carbons (Fsp3) is 0.250.